The smallest absolute Gasteiger partial charge is 0.171 e. The summed E-state index contributed by atoms with van der Waals surface area (Å²) in [5.74, 6) is 0.784. The van der Waals surface area contributed by atoms with Gasteiger partial charge < -0.3 is 10.6 Å². The molecule has 0 unspecified atom stereocenters. The topological polar surface area (TPSA) is 37.0 Å². The molecule has 0 saturated carbocycles. The number of anilines is 1. The average Bonchev–Trinajstić information content (AvgIpc) is 2.41. The van der Waals surface area contributed by atoms with Gasteiger partial charge in [-0.05, 0) is 56.5 Å². The van der Waals surface area contributed by atoms with Gasteiger partial charge in [0.2, 0.25) is 0 Å². The molecule has 1 aliphatic carbocycles. The van der Waals surface area contributed by atoms with Crippen molar-refractivity contribution >= 4 is 23.1 Å². The summed E-state index contributed by atoms with van der Waals surface area (Å²) in [6, 6.07) is 5.72. The molecule has 4 heteroatoms. The molecule has 1 heterocycles. The molecule has 0 atom stereocenters. The maximum Gasteiger partial charge on any atom is 0.171 e. The van der Waals surface area contributed by atoms with E-state index in [1.165, 1.54) is 25.7 Å². The minimum atomic E-state index is 0.644. The number of hydrogen-bond donors (Lipinski definition) is 2. The highest BCUT2D eigenvalue weighted by Gasteiger charge is 2.03. The molecule has 0 spiro atoms. The van der Waals surface area contributed by atoms with Gasteiger partial charge in [-0.1, -0.05) is 17.7 Å². The van der Waals surface area contributed by atoms with Crippen LogP contribution in [-0.2, 0) is 0 Å². The Morgan fingerprint density at radius 2 is 2.28 bits per heavy atom. The Morgan fingerprint density at radius 1 is 1.33 bits per heavy atom. The lowest BCUT2D eigenvalue weighted by Crippen LogP contribution is -2.29. The van der Waals surface area contributed by atoms with Gasteiger partial charge in [0.1, 0.15) is 5.82 Å². The maximum absolute atomic E-state index is 5.22. The Labute approximate surface area is 114 Å². The molecule has 1 aromatic heterocycles. The van der Waals surface area contributed by atoms with Crippen molar-refractivity contribution in [2.75, 3.05) is 11.9 Å². The molecule has 0 amide bonds. The fourth-order valence-corrected chi connectivity index (χ4v) is 2.27. The van der Waals surface area contributed by atoms with Gasteiger partial charge in [0.05, 0.1) is 0 Å². The normalized spacial score (nSPS) is 14.8. The van der Waals surface area contributed by atoms with E-state index in [1.807, 2.05) is 18.2 Å². The van der Waals surface area contributed by atoms with Crippen LogP contribution in [0.15, 0.2) is 36.0 Å². The first-order valence-corrected chi connectivity index (χ1v) is 6.89. The zero-order valence-electron chi connectivity index (χ0n) is 10.5. The van der Waals surface area contributed by atoms with Gasteiger partial charge in [-0.25, -0.2) is 4.98 Å². The number of hydrogen-bond acceptors (Lipinski definition) is 2. The zero-order valence-corrected chi connectivity index (χ0v) is 11.3. The van der Waals surface area contributed by atoms with E-state index in [9.17, 15) is 0 Å². The van der Waals surface area contributed by atoms with Gasteiger partial charge in [-0.3, -0.25) is 0 Å². The van der Waals surface area contributed by atoms with Crippen molar-refractivity contribution in [1.29, 1.82) is 0 Å². The Hall–Kier alpha value is -1.42. The third kappa shape index (κ3) is 4.45. The van der Waals surface area contributed by atoms with E-state index in [2.05, 4.69) is 21.7 Å². The number of aromatic nitrogens is 1. The van der Waals surface area contributed by atoms with Crippen molar-refractivity contribution in [2.45, 2.75) is 32.1 Å². The lowest BCUT2D eigenvalue weighted by atomic mass is 9.97. The van der Waals surface area contributed by atoms with Crippen LogP contribution >= 0.6 is 12.2 Å². The van der Waals surface area contributed by atoms with Crippen LogP contribution in [-0.4, -0.2) is 16.6 Å². The predicted octanol–water partition coefficient (Wildman–Crippen LogP) is 3.26. The summed E-state index contributed by atoms with van der Waals surface area (Å²) in [5.41, 5.74) is 1.56. The number of pyridine rings is 1. The molecule has 0 aliphatic heterocycles. The van der Waals surface area contributed by atoms with Crippen molar-refractivity contribution in [2.24, 2.45) is 0 Å². The number of nitrogens with one attached hydrogen (secondary N) is 2. The number of allylic oxidation sites excluding steroid dienone is 1. The summed E-state index contributed by atoms with van der Waals surface area (Å²) in [7, 11) is 0. The molecule has 0 bridgehead atoms. The molecule has 1 aliphatic rings. The summed E-state index contributed by atoms with van der Waals surface area (Å²) < 4.78 is 0. The summed E-state index contributed by atoms with van der Waals surface area (Å²) in [6.45, 7) is 0.893. The fraction of sp³-hybridized carbons (Fsp3) is 0.429. The highest BCUT2D eigenvalue weighted by molar-refractivity contribution is 7.80. The molecule has 3 nitrogen and oxygen atoms in total. The zero-order chi connectivity index (χ0) is 12.6. The second-order valence-electron chi connectivity index (χ2n) is 4.45. The highest BCUT2D eigenvalue weighted by atomic mass is 32.1. The van der Waals surface area contributed by atoms with Crippen LogP contribution < -0.4 is 10.6 Å². The van der Waals surface area contributed by atoms with Gasteiger partial charge in [0, 0.05) is 12.7 Å². The van der Waals surface area contributed by atoms with Gasteiger partial charge in [0.15, 0.2) is 5.11 Å². The lowest BCUT2D eigenvalue weighted by Gasteiger charge is -2.14. The second-order valence-corrected chi connectivity index (χ2v) is 4.86. The first kappa shape index (κ1) is 13.0. The molecule has 1 aromatic rings. The SMILES string of the molecule is S=C(NCCC1=CCCCC1)Nc1ccccn1. The predicted molar refractivity (Wildman–Crippen MR) is 79.6 cm³/mol. The molecule has 2 rings (SSSR count). The van der Waals surface area contributed by atoms with Crippen molar-refractivity contribution in [3.05, 3.63) is 36.0 Å². The van der Waals surface area contributed by atoms with E-state index in [4.69, 9.17) is 12.2 Å². The van der Waals surface area contributed by atoms with E-state index in [0.29, 0.717) is 5.11 Å². The van der Waals surface area contributed by atoms with Crippen LogP contribution in [0.1, 0.15) is 32.1 Å². The first-order chi connectivity index (χ1) is 8.84. The average molecular weight is 261 g/mol. The van der Waals surface area contributed by atoms with Gasteiger partial charge >= 0.3 is 0 Å². The summed E-state index contributed by atoms with van der Waals surface area (Å²) in [6.07, 6.45) is 10.4. The fourth-order valence-electron chi connectivity index (χ4n) is 2.07. The number of rotatable bonds is 4. The molecule has 96 valence electrons. The monoisotopic (exact) mass is 261 g/mol. The second kappa shape index (κ2) is 7.11. The number of thiocarbonyl (C=S) groups is 1. The molecule has 0 aromatic carbocycles. The van der Waals surface area contributed by atoms with Crippen molar-refractivity contribution in [3.8, 4) is 0 Å². The Morgan fingerprint density at radius 3 is 3.00 bits per heavy atom. The molecule has 0 radical (unpaired) electrons. The molecular weight excluding hydrogens is 242 g/mol. The third-order valence-electron chi connectivity index (χ3n) is 3.02. The largest absolute Gasteiger partial charge is 0.362 e. The van der Waals surface area contributed by atoms with Crippen LogP contribution in [0.25, 0.3) is 0 Å². The first-order valence-electron chi connectivity index (χ1n) is 6.48. The Kier molecular flexibility index (Phi) is 5.15. The Balaban J connectivity index is 1.67. The van der Waals surface area contributed by atoms with E-state index in [1.54, 1.807) is 11.8 Å². The van der Waals surface area contributed by atoms with Crippen LogP contribution in [0.4, 0.5) is 5.82 Å². The number of nitrogens with zero attached hydrogens (tertiary/aromatic N) is 1. The van der Waals surface area contributed by atoms with E-state index in [0.717, 1.165) is 18.8 Å². The minimum absolute atomic E-state index is 0.644. The van der Waals surface area contributed by atoms with Crippen molar-refractivity contribution in [3.63, 3.8) is 0 Å². The van der Waals surface area contributed by atoms with Crippen LogP contribution in [0.2, 0.25) is 0 Å². The molecule has 0 saturated heterocycles. The quantitative estimate of drug-likeness (QED) is 0.644. The molecular formula is C14H19N3S. The van der Waals surface area contributed by atoms with E-state index in [-0.39, 0.29) is 0 Å². The molecule has 2 N–H and O–H groups in total. The maximum atomic E-state index is 5.22. The van der Waals surface area contributed by atoms with Crippen molar-refractivity contribution in [1.82, 2.24) is 10.3 Å². The van der Waals surface area contributed by atoms with Crippen LogP contribution in [0, 0.1) is 0 Å². The highest BCUT2D eigenvalue weighted by Crippen LogP contribution is 2.19. The van der Waals surface area contributed by atoms with Crippen LogP contribution in [0.5, 0.6) is 0 Å². The van der Waals surface area contributed by atoms with Gasteiger partial charge in [-0.2, -0.15) is 0 Å². The summed E-state index contributed by atoms with van der Waals surface area (Å²) in [5, 5.41) is 6.93. The summed E-state index contributed by atoms with van der Waals surface area (Å²) in [4.78, 5) is 4.17. The van der Waals surface area contributed by atoms with E-state index < -0.39 is 0 Å². The Bertz CT molecular complexity index is 414. The minimum Gasteiger partial charge on any atom is -0.362 e. The molecule has 18 heavy (non-hydrogen) atoms. The lowest BCUT2D eigenvalue weighted by molar-refractivity contribution is 0.669. The molecule has 0 fully saturated rings. The van der Waals surface area contributed by atoms with Gasteiger partial charge in [-0.15, -0.1) is 0 Å². The van der Waals surface area contributed by atoms with Gasteiger partial charge in [0.25, 0.3) is 0 Å². The van der Waals surface area contributed by atoms with Crippen LogP contribution in [0.3, 0.4) is 0 Å². The van der Waals surface area contributed by atoms with Crippen molar-refractivity contribution < 1.29 is 0 Å². The third-order valence-corrected chi connectivity index (χ3v) is 3.27. The summed E-state index contributed by atoms with van der Waals surface area (Å²) >= 11 is 5.22. The van der Waals surface area contributed by atoms with E-state index >= 15 is 0 Å². The standard InChI is InChI=1S/C14H19N3S/c18-14(17-13-8-4-5-10-15-13)16-11-9-12-6-2-1-3-7-12/h4-6,8,10H,1-3,7,9,11H2,(H2,15,16,17,18).